The summed E-state index contributed by atoms with van der Waals surface area (Å²) in [4.78, 5) is 14.2. The van der Waals surface area contributed by atoms with E-state index in [0.717, 1.165) is 25.0 Å². The van der Waals surface area contributed by atoms with E-state index in [4.69, 9.17) is 0 Å². The third-order valence-electron chi connectivity index (χ3n) is 3.51. The number of carbonyl (C=O) groups is 1. The summed E-state index contributed by atoms with van der Waals surface area (Å²) in [7, 11) is 0. The maximum atomic E-state index is 12.7. The summed E-state index contributed by atoms with van der Waals surface area (Å²) >= 11 is 0. The van der Waals surface area contributed by atoms with Crippen molar-refractivity contribution in [3.8, 4) is 0 Å². The van der Waals surface area contributed by atoms with Gasteiger partial charge in [0.05, 0.1) is 5.56 Å². The highest BCUT2D eigenvalue weighted by Gasteiger charge is 2.30. The third-order valence-corrected chi connectivity index (χ3v) is 3.51. The molecule has 0 fully saturated rings. The maximum Gasteiger partial charge on any atom is 0.416 e. The number of rotatable bonds is 5. The van der Waals surface area contributed by atoms with Crippen molar-refractivity contribution in [2.45, 2.75) is 25.9 Å². The fraction of sp³-hybridized carbons (Fsp3) is 0.278. The van der Waals surface area contributed by atoms with Gasteiger partial charge >= 0.3 is 6.18 Å². The summed E-state index contributed by atoms with van der Waals surface area (Å²) in [6.07, 6.45) is -2.71. The predicted molar refractivity (Wildman–Crippen MR) is 84.5 cm³/mol. The van der Waals surface area contributed by atoms with Gasteiger partial charge in [-0.3, -0.25) is 4.79 Å². The molecule has 0 radical (unpaired) electrons. The van der Waals surface area contributed by atoms with Crippen LogP contribution in [0.3, 0.4) is 0 Å². The van der Waals surface area contributed by atoms with Crippen LogP contribution >= 0.6 is 0 Å². The molecule has 0 bridgehead atoms. The van der Waals surface area contributed by atoms with Gasteiger partial charge < -0.3 is 4.90 Å². The quantitative estimate of drug-likeness (QED) is 0.745. The SMILES string of the molecule is CCCCN(C(=O)c1ccccc1)c1ccc(C(F)(F)F)cc1. The van der Waals surface area contributed by atoms with E-state index in [1.165, 1.54) is 17.0 Å². The first-order chi connectivity index (χ1) is 10.9. The average molecular weight is 321 g/mol. The van der Waals surface area contributed by atoms with Crippen molar-refractivity contribution in [1.82, 2.24) is 0 Å². The Labute approximate surface area is 133 Å². The van der Waals surface area contributed by atoms with Crippen LogP contribution in [0.25, 0.3) is 0 Å². The van der Waals surface area contributed by atoms with E-state index >= 15 is 0 Å². The lowest BCUT2D eigenvalue weighted by atomic mass is 10.1. The Kier molecular flexibility index (Phi) is 5.42. The average Bonchev–Trinajstić information content (AvgIpc) is 2.55. The number of anilines is 1. The van der Waals surface area contributed by atoms with Gasteiger partial charge in [0.25, 0.3) is 5.91 Å². The van der Waals surface area contributed by atoms with E-state index in [-0.39, 0.29) is 5.91 Å². The Morgan fingerprint density at radius 3 is 2.13 bits per heavy atom. The van der Waals surface area contributed by atoms with Crippen LogP contribution in [0.2, 0.25) is 0 Å². The first-order valence-corrected chi connectivity index (χ1v) is 7.47. The largest absolute Gasteiger partial charge is 0.416 e. The zero-order valence-electron chi connectivity index (χ0n) is 12.8. The lowest BCUT2D eigenvalue weighted by molar-refractivity contribution is -0.137. The van der Waals surface area contributed by atoms with Gasteiger partial charge in [-0.05, 0) is 42.8 Å². The van der Waals surface area contributed by atoms with E-state index in [9.17, 15) is 18.0 Å². The molecule has 5 heteroatoms. The van der Waals surface area contributed by atoms with E-state index in [0.29, 0.717) is 17.8 Å². The second-order valence-corrected chi connectivity index (χ2v) is 5.22. The number of alkyl halides is 3. The molecule has 0 saturated heterocycles. The third kappa shape index (κ3) is 4.34. The Morgan fingerprint density at radius 2 is 1.61 bits per heavy atom. The van der Waals surface area contributed by atoms with Crippen LogP contribution in [0.5, 0.6) is 0 Å². The number of carbonyl (C=O) groups excluding carboxylic acids is 1. The van der Waals surface area contributed by atoms with Crippen LogP contribution in [0, 0.1) is 0 Å². The van der Waals surface area contributed by atoms with Gasteiger partial charge in [0, 0.05) is 17.8 Å². The molecule has 2 nitrogen and oxygen atoms in total. The minimum Gasteiger partial charge on any atom is -0.308 e. The number of unbranched alkanes of at least 4 members (excludes halogenated alkanes) is 1. The zero-order chi connectivity index (χ0) is 16.9. The smallest absolute Gasteiger partial charge is 0.308 e. The number of hydrogen-bond donors (Lipinski definition) is 0. The van der Waals surface area contributed by atoms with E-state index in [2.05, 4.69) is 0 Å². The summed E-state index contributed by atoms with van der Waals surface area (Å²) in [5.74, 6) is -0.209. The number of benzene rings is 2. The first-order valence-electron chi connectivity index (χ1n) is 7.47. The normalized spacial score (nSPS) is 11.3. The molecule has 0 aliphatic rings. The Hall–Kier alpha value is -2.30. The van der Waals surface area contributed by atoms with E-state index in [1.54, 1.807) is 24.3 Å². The van der Waals surface area contributed by atoms with E-state index in [1.807, 2.05) is 13.0 Å². The van der Waals surface area contributed by atoms with Crippen LogP contribution in [-0.2, 0) is 6.18 Å². The molecular weight excluding hydrogens is 303 g/mol. The minimum atomic E-state index is -4.38. The zero-order valence-corrected chi connectivity index (χ0v) is 12.8. The van der Waals surface area contributed by atoms with Crippen LogP contribution in [0.15, 0.2) is 54.6 Å². The molecule has 2 aromatic rings. The Bertz CT molecular complexity index is 636. The lowest BCUT2D eigenvalue weighted by Gasteiger charge is -2.23. The molecule has 23 heavy (non-hydrogen) atoms. The molecule has 2 rings (SSSR count). The highest BCUT2D eigenvalue weighted by molar-refractivity contribution is 6.06. The molecule has 0 spiro atoms. The molecule has 0 aromatic heterocycles. The fourth-order valence-electron chi connectivity index (χ4n) is 2.23. The molecule has 0 heterocycles. The highest BCUT2D eigenvalue weighted by atomic mass is 19.4. The van der Waals surface area contributed by atoms with Crippen LogP contribution in [0.4, 0.5) is 18.9 Å². The second kappa shape index (κ2) is 7.31. The first kappa shape index (κ1) is 17.1. The van der Waals surface area contributed by atoms with Crippen molar-refractivity contribution in [3.05, 3.63) is 65.7 Å². The number of nitrogens with zero attached hydrogens (tertiary/aromatic N) is 1. The molecule has 0 aliphatic carbocycles. The minimum absolute atomic E-state index is 0.209. The number of amides is 1. The fourth-order valence-corrected chi connectivity index (χ4v) is 2.23. The summed E-state index contributed by atoms with van der Waals surface area (Å²) in [6, 6.07) is 13.4. The number of hydrogen-bond acceptors (Lipinski definition) is 1. The predicted octanol–water partition coefficient (Wildman–Crippen LogP) is 5.15. The van der Waals surface area contributed by atoms with Crippen molar-refractivity contribution in [2.24, 2.45) is 0 Å². The van der Waals surface area contributed by atoms with E-state index < -0.39 is 11.7 Å². The Balaban J connectivity index is 2.29. The van der Waals surface area contributed by atoms with Gasteiger partial charge in [-0.15, -0.1) is 0 Å². The molecule has 1 amide bonds. The van der Waals surface area contributed by atoms with Gasteiger partial charge in [-0.2, -0.15) is 13.2 Å². The molecule has 0 aliphatic heterocycles. The van der Waals surface area contributed by atoms with Crippen molar-refractivity contribution < 1.29 is 18.0 Å². The molecule has 0 unspecified atom stereocenters. The van der Waals surface area contributed by atoms with Crippen LogP contribution in [0.1, 0.15) is 35.7 Å². The van der Waals surface area contributed by atoms with Crippen molar-refractivity contribution in [2.75, 3.05) is 11.4 Å². The van der Waals surface area contributed by atoms with Gasteiger partial charge in [0.2, 0.25) is 0 Å². The monoisotopic (exact) mass is 321 g/mol. The highest BCUT2D eigenvalue weighted by Crippen LogP contribution is 2.30. The molecule has 0 saturated carbocycles. The van der Waals surface area contributed by atoms with Crippen molar-refractivity contribution >= 4 is 11.6 Å². The van der Waals surface area contributed by atoms with Gasteiger partial charge in [0.15, 0.2) is 0 Å². The maximum absolute atomic E-state index is 12.7. The standard InChI is InChI=1S/C18H18F3NO/c1-2-3-13-22(17(23)14-7-5-4-6-8-14)16-11-9-15(10-12-16)18(19,20)21/h4-12H,2-3,13H2,1H3. The topological polar surface area (TPSA) is 20.3 Å². The molecule has 0 N–H and O–H groups in total. The summed E-state index contributed by atoms with van der Waals surface area (Å²) < 4.78 is 38.0. The Morgan fingerprint density at radius 1 is 1.00 bits per heavy atom. The van der Waals surface area contributed by atoms with Gasteiger partial charge in [-0.1, -0.05) is 31.5 Å². The second-order valence-electron chi connectivity index (χ2n) is 5.22. The van der Waals surface area contributed by atoms with Crippen LogP contribution < -0.4 is 4.90 Å². The van der Waals surface area contributed by atoms with Crippen molar-refractivity contribution in [3.63, 3.8) is 0 Å². The lowest BCUT2D eigenvalue weighted by Crippen LogP contribution is -2.31. The summed E-state index contributed by atoms with van der Waals surface area (Å²) in [6.45, 7) is 2.47. The van der Waals surface area contributed by atoms with Crippen molar-refractivity contribution in [1.29, 1.82) is 0 Å². The van der Waals surface area contributed by atoms with Crippen LogP contribution in [-0.4, -0.2) is 12.5 Å². The summed E-state index contributed by atoms with van der Waals surface area (Å²) in [5, 5.41) is 0. The number of halogens is 3. The molecule has 122 valence electrons. The van der Waals surface area contributed by atoms with Gasteiger partial charge in [-0.25, -0.2) is 0 Å². The molecule has 2 aromatic carbocycles. The molecular formula is C18H18F3NO. The molecule has 0 atom stereocenters. The van der Waals surface area contributed by atoms with Gasteiger partial charge in [0.1, 0.15) is 0 Å². The summed E-state index contributed by atoms with van der Waals surface area (Å²) in [5.41, 5.74) is 0.271.